The van der Waals surface area contributed by atoms with Crippen LogP contribution in [0.2, 0.25) is 0 Å². The van der Waals surface area contributed by atoms with Crippen LogP contribution >= 0.6 is 11.3 Å². The molecule has 0 aliphatic rings. The summed E-state index contributed by atoms with van der Waals surface area (Å²) in [7, 11) is 0. The Balaban J connectivity index is 2.97. The van der Waals surface area contributed by atoms with Crippen molar-refractivity contribution < 1.29 is 5.11 Å². The van der Waals surface area contributed by atoms with Gasteiger partial charge in [0.15, 0.2) is 11.4 Å². The van der Waals surface area contributed by atoms with Gasteiger partial charge in [-0.15, -0.1) is 11.3 Å². The van der Waals surface area contributed by atoms with E-state index in [1.54, 1.807) is 5.51 Å². The van der Waals surface area contributed by atoms with Crippen molar-refractivity contribution in [2.75, 3.05) is 0 Å². The van der Waals surface area contributed by atoms with Crippen molar-refractivity contribution in [1.29, 1.82) is 0 Å². The van der Waals surface area contributed by atoms with Crippen LogP contribution in [0, 0.1) is 0 Å². The average molecular weight is 168 g/mol. The van der Waals surface area contributed by atoms with E-state index in [0.29, 0.717) is 5.65 Å². The van der Waals surface area contributed by atoms with Gasteiger partial charge in [0.2, 0.25) is 0 Å². The van der Waals surface area contributed by atoms with Gasteiger partial charge in [0.25, 0.3) is 5.56 Å². The van der Waals surface area contributed by atoms with Crippen molar-refractivity contribution in [3.05, 3.63) is 21.9 Å². The number of rotatable bonds is 0. The number of hydrogen-bond acceptors (Lipinski definition) is 4. The third-order valence-electron chi connectivity index (χ3n) is 1.33. The van der Waals surface area contributed by atoms with Gasteiger partial charge in [-0.25, -0.2) is 4.98 Å². The first-order valence-corrected chi connectivity index (χ1v) is 3.81. The fourth-order valence-electron chi connectivity index (χ4n) is 0.813. The molecule has 4 nitrogen and oxygen atoms in total. The summed E-state index contributed by atoms with van der Waals surface area (Å²) in [4.78, 5) is 17.1. The largest absolute Gasteiger partial charge is 0.503 e. The maximum absolute atomic E-state index is 10.8. The van der Waals surface area contributed by atoms with Gasteiger partial charge in [0.1, 0.15) is 0 Å². The molecule has 0 amide bonds. The summed E-state index contributed by atoms with van der Waals surface area (Å²) >= 11 is 1.37. The second kappa shape index (κ2) is 2.06. The highest BCUT2D eigenvalue weighted by molar-refractivity contribution is 7.16. The molecule has 0 bridgehead atoms. The highest BCUT2D eigenvalue weighted by Crippen LogP contribution is 2.16. The first kappa shape index (κ1) is 6.36. The predicted molar refractivity (Wildman–Crippen MR) is 41.9 cm³/mol. The SMILES string of the molecule is O=c1[nH]c2ncsc2cc1O. The maximum atomic E-state index is 10.8. The number of H-pyrrole nitrogens is 1. The minimum atomic E-state index is -0.497. The summed E-state index contributed by atoms with van der Waals surface area (Å²) in [5.74, 6) is -0.262. The first-order chi connectivity index (χ1) is 5.27. The van der Waals surface area contributed by atoms with Crippen molar-refractivity contribution in [2.45, 2.75) is 0 Å². The summed E-state index contributed by atoms with van der Waals surface area (Å²) in [5, 5.41) is 8.97. The summed E-state index contributed by atoms with van der Waals surface area (Å²) in [6, 6.07) is 1.41. The zero-order chi connectivity index (χ0) is 7.84. The fraction of sp³-hybridized carbons (Fsp3) is 0. The normalized spacial score (nSPS) is 10.5. The smallest absolute Gasteiger partial charge is 0.291 e. The summed E-state index contributed by atoms with van der Waals surface area (Å²) in [6.45, 7) is 0. The molecule has 0 radical (unpaired) electrons. The molecule has 2 N–H and O–H groups in total. The molecule has 0 aliphatic heterocycles. The molecule has 56 valence electrons. The highest BCUT2D eigenvalue weighted by atomic mass is 32.1. The van der Waals surface area contributed by atoms with Crippen LogP contribution in [-0.2, 0) is 0 Å². The molecule has 0 aliphatic carbocycles. The van der Waals surface area contributed by atoms with Gasteiger partial charge in [-0.2, -0.15) is 0 Å². The molecular formula is C6H4N2O2S. The number of thiazole rings is 1. The number of aromatic nitrogens is 2. The van der Waals surface area contributed by atoms with Crippen molar-refractivity contribution in [2.24, 2.45) is 0 Å². The number of aromatic hydroxyl groups is 1. The third-order valence-corrected chi connectivity index (χ3v) is 2.10. The zero-order valence-electron chi connectivity index (χ0n) is 5.37. The van der Waals surface area contributed by atoms with Crippen LogP contribution in [0.4, 0.5) is 0 Å². The lowest BCUT2D eigenvalue weighted by atomic mass is 10.4. The van der Waals surface area contributed by atoms with Crippen molar-refractivity contribution >= 4 is 21.7 Å². The molecule has 5 heteroatoms. The van der Waals surface area contributed by atoms with Crippen LogP contribution in [0.3, 0.4) is 0 Å². The van der Waals surface area contributed by atoms with E-state index >= 15 is 0 Å². The van der Waals surface area contributed by atoms with E-state index in [2.05, 4.69) is 9.97 Å². The van der Waals surface area contributed by atoms with Crippen LogP contribution in [0.5, 0.6) is 5.75 Å². The van der Waals surface area contributed by atoms with Gasteiger partial charge in [-0.3, -0.25) is 4.79 Å². The van der Waals surface area contributed by atoms with Gasteiger partial charge in [0, 0.05) is 6.07 Å². The molecule has 2 rings (SSSR count). The molecular weight excluding hydrogens is 164 g/mol. The lowest BCUT2D eigenvalue weighted by molar-refractivity contribution is 0.468. The number of nitrogens with one attached hydrogen (secondary N) is 1. The predicted octanol–water partition coefficient (Wildman–Crippen LogP) is 0.690. The second-order valence-corrected chi connectivity index (χ2v) is 2.94. The molecule has 11 heavy (non-hydrogen) atoms. The van der Waals surface area contributed by atoms with E-state index in [0.717, 1.165) is 4.70 Å². The standard InChI is InChI=1S/C6H4N2O2S/c9-3-1-4-5(7-2-11-4)8-6(3)10/h1-2,9H,(H,8,10). The van der Waals surface area contributed by atoms with E-state index < -0.39 is 5.56 Å². The third kappa shape index (κ3) is 0.894. The Morgan fingerprint density at radius 3 is 3.27 bits per heavy atom. The topological polar surface area (TPSA) is 66.0 Å². The van der Waals surface area contributed by atoms with Crippen LogP contribution in [-0.4, -0.2) is 15.1 Å². The molecule has 0 atom stereocenters. The van der Waals surface area contributed by atoms with Crippen molar-refractivity contribution in [3.8, 4) is 5.75 Å². The molecule has 0 unspecified atom stereocenters. The van der Waals surface area contributed by atoms with E-state index in [9.17, 15) is 4.79 Å². The number of nitrogens with zero attached hydrogens (tertiary/aromatic N) is 1. The van der Waals surface area contributed by atoms with Crippen LogP contribution in [0.1, 0.15) is 0 Å². The van der Waals surface area contributed by atoms with Crippen LogP contribution < -0.4 is 5.56 Å². The van der Waals surface area contributed by atoms with Gasteiger partial charge in [0.05, 0.1) is 10.2 Å². The Morgan fingerprint density at radius 2 is 2.45 bits per heavy atom. The molecule has 0 fully saturated rings. The number of pyridine rings is 1. The Kier molecular flexibility index (Phi) is 1.19. The van der Waals surface area contributed by atoms with Crippen LogP contribution in [0.25, 0.3) is 10.3 Å². The van der Waals surface area contributed by atoms with Gasteiger partial charge >= 0.3 is 0 Å². The van der Waals surface area contributed by atoms with Gasteiger partial charge in [-0.05, 0) is 0 Å². The lowest BCUT2D eigenvalue weighted by Gasteiger charge is -1.88. The van der Waals surface area contributed by atoms with E-state index in [1.807, 2.05) is 0 Å². The number of fused-ring (bicyclic) bond motifs is 1. The zero-order valence-corrected chi connectivity index (χ0v) is 6.18. The first-order valence-electron chi connectivity index (χ1n) is 2.93. The van der Waals surface area contributed by atoms with E-state index in [1.165, 1.54) is 17.4 Å². The molecule has 0 saturated heterocycles. The minimum Gasteiger partial charge on any atom is -0.503 e. The Bertz CT molecular complexity index is 445. The van der Waals surface area contributed by atoms with Gasteiger partial charge in [-0.1, -0.05) is 0 Å². The quantitative estimate of drug-likeness (QED) is 0.608. The van der Waals surface area contributed by atoms with Gasteiger partial charge < -0.3 is 10.1 Å². The molecule has 2 aromatic rings. The monoisotopic (exact) mass is 168 g/mol. The van der Waals surface area contributed by atoms with E-state index in [4.69, 9.17) is 5.11 Å². The molecule has 2 aromatic heterocycles. The molecule has 0 saturated carbocycles. The van der Waals surface area contributed by atoms with Crippen molar-refractivity contribution in [3.63, 3.8) is 0 Å². The number of aromatic amines is 1. The molecule has 0 spiro atoms. The molecule has 0 aromatic carbocycles. The summed E-state index contributed by atoms with van der Waals surface area (Å²) in [6.07, 6.45) is 0. The number of hydrogen-bond donors (Lipinski definition) is 2. The maximum Gasteiger partial charge on any atom is 0.291 e. The minimum absolute atomic E-state index is 0.262. The average Bonchev–Trinajstić information content (AvgIpc) is 2.36. The van der Waals surface area contributed by atoms with Crippen LogP contribution in [0.15, 0.2) is 16.4 Å². The Morgan fingerprint density at radius 1 is 1.64 bits per heavy atom. The van der Waals surface area contributed by atoms with E-state index in [-0.39, 0.29) is 5.75 Å². The summed E-state index contributed by atoms with van der Waals surface area (Å²) < 4.78 is 0.780. The fourth-order valence-corrected chi connectivity index (χ4v) is 1.48. The highest BCUT2D eigenvalue weighted by Gasteiger charge is 2.01. The Labute approximate surface area is 65.1 Å². The lowest BCUT2D eigenvalue weighted by Crippen LogP contribution is -2.03. The second-order valence-electron chi connectivity index (χ2n) is 2.05. The summed E-state index contributed by atoms with van der Waals surface area (Å²) in [5.41, 5.74) is 1.64. The molecule has 2 heterocycles. The Hall–Kier alpha value is -1.36. The van der Waals surface area contributed by atoms with Crippen molar-refractivity contribution in [1.82, 2.24) is 9.97 Å².